The topological polar surface area (TPSA) is 97.2 Å². The molecular weight excluding hydrogens is 480 g/mol. The molecule has 1 amide bonds. The fraction of sp³-hybridized carbons (Fsp3) is 0.389. The van der Waals surface area contributed by atoms with Crippen LogP contribution >= 0.6 is 0 Å². The first-order chi connectivity index (χ1) is 15.3. The third-order valence-corrected chi connectivity index (χ3v) is 5.99. The van der Waals surface area contributed by atoms with E-state index in [0.29, 0.717) is 17.5 Å². The molecule has 3 rings (SSSR count). The van der Waals surface area contributed by atoms with E-state index in [9.17, 15) is 39.6 Å². The summed E-state index contributed by atoms with van der Waals surface area (Å²) in [6, 6.07) is -0.446. The average Bonchev–Trinajstić information content (AvgIpc) is 3.15. The predicted octanol–water partition coefficient (Wildman–Crippen LogP) is 2.12. The van der Waals surface area contributed by atoms with E-state index in [0.717, 1.165) is 9.47 Å². The molecule has 0 saturated heterocycles. The molecule has 2 aromatic rings. The molecule has 0 radical (unpaired) electrons. The van der Waals surface area contributed by atoms with Gasteiger partial charge in [0.25, 0.3) is 0 Å². The Labute approximate surface area is 183 Å². The van der Waals surface area contributed by atoms with Crippen LogP contribution in [0.1, 0.15) is 23.6 Å². The van der Waals surface area contributed by atoms with Crippen molar-refractivity contribution in [3.05, 3.63) is 58.8 Å². The molecule has 1 aliphatic heterocycles. The maximum Gasteiger partial charge on any atom is 0.451 e. The number of alkyl halides is 3. The third-order valence-electron chi connectivity index (χ3n) is 4.89. The summed E-state index contributed by atoms with van der Waals surface area (Å²) >= 11 is 0. The molecule has 1 aliphatic rings. The zero-order chi connectivity index (χ0) is 24.6. The summed E-state index contributed by atoms with van der Waals surface area (Å²) < 4.78 is 106. The highest BCUT2D eigenvalue weighted by Crippen LogP contribution is 2.29. The largest absolute Gasteiger partial charge is 0.451 e. The molecule has 33 heavy (non-hydrogen) atoms. The zero-order valence-electron chi connectivity index (χ0n) is 16.7. The van der Waals surface area contributed by atoms with Crippen LogP contribution < -0.4 is 4.72 Å². The van der Waals surface area contributed by atoms with Crippen molar-refractivity contribution in [2.45, 2.75) is 38.1 Å². The van der Waals surface area contributed by atoms with E-state index < -0.39 is 64.3 Å². The summed E-state index contributed by atoms with van der Waals surface area (Å²) in [5.74, 6) is -5.94. The predicted molar refractivity (Wildman–Crippen MR) is 101 cm³/mol. The van der Waals surface area contributed by atoms with Crippen LogP contribution in [0.4, 0.5) is 26.3 Å². The molecule has 1 aromatic heterocycles. The lowest BCUT2D eigenvalue weighted by Crippen LogP contribution is -2.44. The molecule has 1 aromatic carbocycles. The summed E-state index contributed by atoms with van der Waals surface area (Å²) in [7, 11) is -4.11. The number of carbonyl (C=O) groups is 1. The molecular formula is C18H17F6N5O3S. The minimum absolute atomic E-state index is 0.114. The number of hydrogen-bond acceptors (Lipinski definition) is 5. The molecule has 0 aliphatic carbocycles. The fourth-order valence-corrected chi connectivity index (χ4v) is 4.07. The number of nitrogens with zero attached hydrogens (tertiary/aromatic N) is 4. The SMILES string of the molecule is C=CS(=O)(=O)N[C@@H](CC(=O)N1CCn2c(nnc2C(F)(F)F)C1)Cc1cc(F)c(F)cc1F. The van der Waals surface area contributed by atoms with Gasteiger partial charge in [0.1, 0.15) is 5.82 Å². The second-order valence-electron chi connectivity index (χ2n) is 7.20. The number of aromatic nitrogens is 3. The number of hydrogen-bond donors (Lipinski definition) is 1. The van der Waals surface area contributed by atoms with Crippen LogP contribution in [0, 0.1) is 17.5 Å². The first-order valence-corrected chi connectivity index (χ1v) is 10.9. The van der Waals surface area contributed by atoms with E-state index in [1.165, 1.54) is 0 Å². The maximum absolute atomic E-state index is 14.1. The lowest BCUT2D eigenvalue weighted by Gasteiger charge is -2.29. The molecule has 0 spiro atoms. The van der Waals surface area contributed by atoms with Crippen molar-refractivity contribution in [3.8, 4) is 0 Å². The standard InChI is InChI=1S/C18H17F6N5O3S/c1-2-33(31,32)27-11(5-10-6-13(20)14(21)8-12(10)19)7-16(30)28-3-4-29-15(9-28)25-26-17(29)18(22,23)24/h2,6,8,11,27H,1,3-5,7,9H2/t11-/m1/s1. The van der Waals surface area contributed by atoms with Crippen LogP contribution in [0.15, 0.2) is 24.1 Å². The van der Waals surface area contributed by atoms with Gasteiger partial charge < -0.3 is 9.47 Å². The molecule has 0 unspecified atom stereocenters. The second-order valence-corrected chi connectivity index (χ2v) is 8.86. The summed E-state index contributed by atoms with van der Waals surface area (Å²) in [4.78, 5) is 13.9. The Bertz CT molecular complexity index is 1180. The average molecular weight is 497 g/mol. The normalized spacial score (nSPS) is 15.3. The quantitative estimate of drug-likeness (QED) is 0.467. The van der Waals surface area contributed by atoms with Crippen LogP contribution in [-0.4, -0.2) is 46.6 Å². The lowest BCUT2D eigenvalue weighted by atomic mass is 10.0. The first kappa shape index (κ1) is 24.7. The summed E-state index contributed by atoms with van der Waals surface area (Å²) in [5, 5.41) is 7.11. The van der Waals surface area contributed by atoms with E-state index >= 15 is 0 Å². The highest BCUT2D eigenvalue weighted by molar-refractivity contribution is 7.92. The van der Waals surface area contributed by atoms with Gasteiger partial charge in [-0.15, -0.1) is 10.2 Å². The molecule has 180 valence electrons. The van der Waals surface area contributed by atoms with Gasteiger partial charge >= 0.3 is 6.18 Å². The maximum atomic E-state index is 14.1. The third kappa shape index (κ3) is 5.71. The van der Waals surface area contributed by atoms with Crippen LogP contribution in [0.3, 0.4) is 0 Å². The van der Waals surface area contributed by atoms with Gasteiger partial charge in [0.2, 0.25) is 21.8 Å². The van der Waals surface area contributed by atoms with E-state index in [2.05, 4.69) is 21.5 Å². The number of sulfonamides is 1. The molecule has 8 nitrogen and oxygen atoms in total. The van der Waals surface area contributed by atoms with Gasteiger partial charge in [-0.2, -0.15) is 13.2 Å². The van der Waals surface area contributed by atoms with Crippen LogP contribution in [-0.2, 0) is 40.5 Å². The Hall–Kier alpha value is -2.94. The minimum atomic E-state index is -4.72. The van der Waals surface area contributed by atoms with Gasteiger partial charge in [-0.3, -0.25) is 4.79 Å². The summed E-state index contributed by atoms with van der Waals surface area (Å²) in [6.07, 6.45) is -5.78. The summed E-state index contributed by atoms with van der Waals surface area (Å²) in [6.45, 7) is 2.40. The first-order valence-electron chi connectivity index (χ1n) is 9.36. The number of amides is 1. The van der Waals surface area contributed by atoms with Gasteiger partial charge in [-0.05, 0) is 18.1 Å². The highest BCUT2D eigenvalue weighted by Gasteiger charge is 2.40. The summed E-state index contributed by atoms with van der Waals surface area (Å²) in [5.41, 5.74) is -0.383. The minimum Gasteiger partial charge on any atom is -0.333 e. The van der Waals surface area contributed by atoms with E-state index in [1.54, 1.807) is 0 Å². The Morgan fingerprint density at radius 2 is 1.82 bits per heavy atom. The van der Waals surface area contributed by atoms with Gasteiger partial charge in [0.15, 0.2) is 17.5 Å². The smallest absolute Gasteiger partial charge is 0.333 e. The van der Waals surface area contributed by atoms with Crippen molar-refractivity contribution >= 4 is 15.9 Å². The number of benzene rings is 1. The van der Waals surface area contributed by atoms with Crippen molar-refractivity contribution in [1.29, 1.82) is 0 Å². The van der Waals surface area contributed by atoms with E-state index in [4.69, 9.17) is 0 Å². The van der Waals surface area contributed by atoms with E-state index in [-0.39, 0.29) is 31.0 Å². The second kappa shape index (κ2) is 9.13. The van der Waals surface area contributed by atoms with Crippen molar-refractivity contribution < 1.29 is 39.6 Å². The lowest BCUT2D eigenvalue weighted by molar-refractivity contribution is -0.148. The molecule has 0 fully saturated rings. The molecule has 2 heterocycles. The molecule has 1 N–H and O–H groups in total. The monoisotopic (exact) mass is 497 g/mol. The Kier molecular flexibility index (Phi) is 6.83. The van der Waals surface area contributed by atoms with Crippen molar-refractivity contribution in [1.82, 2.24) is 24.4 Å². The Balaban J connectivity index is 1.78. The number of rotatable bonds is 7. The highest BCUT2D eigenvalue weighted by atomic mass is 32.2. The number of fused-ring (bicyclic) bond motifs is 1. The Morgan fingerprint density at radius 1 is 1.15 bits per heavy atom. The van der Waals surface area contributed by atoms with Gasteiger partial charge in [-0.25, -0.2) is 26.3 Å². The van der Waals surface area contributed by atoms with Gasteiger partial charge in [0, 0.05) is 37.0 Å². The number of nitrogens with one attached hydrogen (secondary N) is 1. The van der Waals surface area contributed by atoms with Crippen LogP contribution in [0.25, 0.3) is 0 Å². The van der Waals surface area contributed by atoms with E-state index in [1.807, 2.05) is 0 Å². The Morgan fingerprint density at radius 3 is 2.45 bits per heavy atom. The molecule has 0 bridgehead atoms. The molecule has 1 atom stereocenters. The fourth-order valence-electron chi connectivity index (χ4n) is 3.34. The van der Waals surface area contributed by atoms with Gasteiger partial charge in [0.05, 0.1) is 6.54 Å². The number of halogens is 6. The van der Waals surface area contributed by atoms with Crippen LogP contribution in [0.2, 0.25) is 0 Å². The molecule has 15 heteroatoms. The zero-order valence-corrected chi connectivity index (χ0v) is 17.6. The van der Waals surface area contributed by atoms with Crippen molar-refractivity contribution in [2.75, 3.05) is 6.54 Å². The number of carbonyl (C=O) groups excluding carboxylic acids is 1. The molecule has 0 saturated carbocycles. The van der Waals surface area contributed by atoms with Crippen LogP contribution in [0.5, 0.6) is 0 Å². The van der Waals surface area contributed by atoms with Gasteiger partial charge in [-0.1, -0.05) is 6.58 Å². The van der Waals surface area contributed by atoms with Crippen molar-refractivity contribution in [2.24, 2.45) is 0 Å². The van der Waals surface area contributed by atoms with Crippen molar-refractivity contribution in [3.63, 3.8) is 0 Å².